The Morgan fingerprint density at radius 1 is 1.12 bits per heavy atom. The van der Waals surface area contributed by atoms with Crippen molar-refractivity contribution in [1.29, 1.82) is 0 Å². The molecule has 1 aliphatic rings. The first kappa shape index (κ1) is 22.3. The van der Waals surface area contributed by atoms with Crippen molar-refractivity contribution in [1.82, 2.24) is 4.57 Å². The lowest BCUT2D eigenvalue weighted by atomic mass is 9.97. The fourth-order valence-electron chi connectivity index (χ4n) is 4.07. The molecule has 1 aliphatic heterocycles. The van der Waals surface area contributed by atoms with Gasteiger partial charge in [0.15, 0.2) is 4.80 Å². The van der Waals surface area contributed by atoms with Gasteiger partial charge in [0.05, 0.1) is 22.4 Å². The number of rotatable bonds is 5. The average molecular weight is 487 g/mol. The van der Waals surface area contributed by atoms with E-state index in [0.717, 1.165) is 21.6 Å². The first-order valence-electron chi connectivity index (χ1n) is 11.0. The second-order valence-corrected chi connectivity index (χ2v) is 9.85. The highest BCUT2D eigenvalue weighted by atomic mass is 32.1. The van der Waals surface area contributed by atoms with E-state index in [4.69, 9.17) is 9.73 Å². The minimum absolute atomic E-state index is 0.169. The molecule has 7 heteroatoms. The molecule has 34 heavy (non-hydrogen) atoms. The third-order valence-electron chi connectivity index (χ3n) is 5.53. The van der Waals surface area contributed by atoms with Crippen LogP contribution in [0.1, 0.15) is 34.5 Å². The summed E-state index contributed by atoms with van der Waals surface area (Å²) in [5.41, 5.74) is 3.63. The van der Waals surface area contributed by atoms with Gasteiger partial charge in [0.1, 0.15) is 6.04 Å². The van der Waals surface area contributed by atoms with Gasteiger partial charge in [-0.15, -0.1) is 11.3 Å². The van der Waals surface area contributed by atoms with E-state index < -0.39 is 12.0 Å². The van der Waals surface area contributed by atoms with Crippen molar-refractivity contribution in [2.75, 3.05) is 6.61 Å². The molecule has 2 aromatic carbocycles. The molecule has 0 spiro atoms. The number of ether oxygens (including phenoxy) is 1. The minimum atomic E-state index is -0.606. The zero-order chi connectivity index (χ0) is 23.7. The maximum atomic E-state index is 13.7. The molecule has 4 aromatic rings. The van der Waals surface area contributed by atoms with Crippen LogP contribution in [-0.2, 0) is 9.53 Å². The number of aromatic nitrogens is 1. The lowest BCUT2D eigenvalue weighted by Crippen LogP contribution is -2.39. The summed E-state index contributed by atoms with van der Waals surface area (Å²) < 4.78 is 7.67. The summed E-state index contributed by atoms with van der Waals surface area (Å²) in [5, 5.41) is 1.95. The highest BCUT2D eigenvalue weighted by Gasteiger charge is 2.35. The van der Waals surface area contributed by atoms with Gasteiger partial charge in [-0.3, -0.25) is 9.36 Å². The normalized spacial score (nSPS) is 15.7. The molecule has 3 heterocycles. The van der Waals surface area contributed by atoms with Gasteiger partial charge >= 0.3 is 5.97 Å². The van der Waals surface area contributed by atoms with Crippen LogP contribution in [0.4, 0.5) is 0 Å². The molecule has 0 bridgehead atoms. The van der Waals surface area contributed by atoms with Crippen LogP contribution in [0.15, 0.2) is 87.5 Å². The number of carbonyl (C=O) groups is 1. The molecule has 0 unspecified atom stereocenters. The Bertz CT molecular complexity index is 1560. The second-order valence-electron chi connectivity index (χ2n) is 7.86. The van der Waals surface area contributed by atoms with Crippen molar-refractivity contribution in [3.8, 4) is 0 Å². The van der Waals surface area contributed by atoms with Gasteiger partial charge in [0.25, 0.3) is 5.56 Å². The molecule has 0 radical (unpaired) electrons. The van der Waals surface area contributed by atoms with Crippen LogP contribution in [0, 0.1) is 6.92 Å². The van der Waals surface area contributed by atoms with Crippen molar-refractivity contribution < 1.29 is 9.53 Å². The summed E-state index contributed by atoms with van der Waals surface area (Å²) in [6.07, 6.45) is 1.89. The van der Waals surface area contributed by atoms with E-state index in [9.17, 15) is 9.59 Å². The van der Waals surface area contributed by atoms with E-state index in [0.29, 0.717) is 20.6 Å². The Hall–Kier alpha value is -3.55. The summed E-state index contributed by atoms with van der Waals surface area (Å²) in [6.45, 7) is 4.03. The van der Waals surface area contributed by atoms with E-state index in [2.05, 4.69) is 0 Å². The Labute approximate surface area is 204 Å². The topological polar surface area (TPSA) is 60.7 Å². The van der Waals surface area contributed by atoms with E-state index >= 15 is 0 Å². The molecular weight excluding hydrogens is 464 g/mol. The number of aryl methyl sites for hydroxylation is 1. The van der Waals surface area contributed by atoms with Gasteiger partial charge in [-0.1, -0.05) is 77.6 Å². The fourth-order valence-corrected chi connectivity index (χ4v) is 5.89. The number of hydrogen-bond acceptors (Lipinski definition) is 6. The number of carbonyl (C=O) groups excluding carboxylic acids is 1. The maximum Gasteiger partial charge on any atom is 0.338 e. The number of hydrogen-bond donors (Lipinski definition) is 0. The number of esters is 1. The summed E-state index contributed by atoms with van der Waals surface area (Å²) in [5.74, 6) is -0.462. The van der Waals surface area contributed by atoms with Gasteiger partial charge in [-0.2, -0.15) is 0 Å². The number of nitrogens with zero attached hydrogens (tertiary/aromatic N) is 2. The van der Waals surface area contributed by atoms with Crippen LogP contribution < -0.4 is 14.9 Å². The standard InChI is InChI=1S/C27H22N2O3S2/c1-3-32-26(31)22-23(19-11-5-4-6-12-19)28-27-29(24(22)20-13-8-14-33-20)25(30)21(34-27)16-18-10-7-9-17(2)15-18/h4-16,24H,3H2,1-2H3/b21-16+/t24-/m0/s1. The van der Waals surface area contributed by atoms with E-state index in [1.165, 1.54) is 22.7 Å². The van der Waals surface area contributed by atoms with Crippen molar-refractivity contribution in [3.05, 3.63) is 119 Å². The monoisotopic (exact) mass is 486 g/mol. The molecule has 0 amide bonds. The molecule has 1 atom stereocenters. The van der Waals surface area contributed by atoms with Crippen molar-refractivity contribution in [3.63, 3.8) is 0 Å². The first-order chi connectivity index (χ1) is 16.6. The molecule has 0 N–H and O–H groups in total. The first-order valence-corrected chi connectivity index (χ1v) is 12.6. The molecule has 170 valence electrons. The zero-order valence-electron chi connectivity index (χ0n) is 18.7. The summed E-state index contributed by atoms with van der Waals surface area (Å²) >= 11 is 2.84. The highest BCUT2D eigenvalue weighted by Crippen LogP contribution is 2.36. The smallest absolute Gasteiger partial charge is 0.338 e. The predicted octanol–water partition coefficient (Wildman–Crippen LogP) is 4.31. The zero-order valence-corrected chi connectivity index (χ0v) is 20.4. The largest absolute Gasteiger partial charge is 0.463 e. The molecule has 2 aromatic heterocycles. The lowest BCUT2D eigenvalue weighted by molar-refractivity contribution is -0.138. The van der Waals surface area contributed by atoms with E-state index in [1.807, 2.05) is 85.1 Å². The Balaban J connectivity index is 1.82. The Morgan fingerprint density at radius 2 is 1.94 bits per heavy atom. The minimum Gasteiger partial charge on any atom is -0.463 e. The summed E-state index contributed by atoms with van der Waals surface area (Å²) in [4.78, 5) is 33.3. The third kappa shape index (κ3) is 4.08. The van der Waals surface area contributed by atoms with E-state index in [-0.39, 0.29) is 12.2 Å². The highest BCUT2D eigenvalue weighted by molar-refractivity contribution is 7.10. The number of benzene rings is 2. The van der Waals surface area contributed by atoms with Crippen LogP contribution in [0.5, 0.6) is 0 Å². The lowest BCUT2D eigenvalue weighted by Gasteiger charge is -2.24. The predicted molar refractivity (Wildman–Crippen MR) is 137 cm³/mol. The van der Waals surface area contributed by atoms with Crippen LogP contribution in [-0.4, -0.2) is 17.1 Å². The molecule has 0 fully saturated rings. The molecule has 0 saturated heterocycles. The van der Waals surface area contributed by atoms with Crippen LogP contribution in [0.3, 0.4) is 0 Å². The summed E-state index contributed by atoms with van der Waals surface area (Å²) in [6, 6.07) is 20.8. The van der Waals surface area contributed by atoms with Crippen molar-refractivity contribution in [2.24, 2.45) is 4.99 Å². The van der Waals surface area contributed by atoms with Gasteiger partial charge < -0.3 is 4.74 Å². The fraction of sp³-hybridized carbons (Fsp3) is 0.148. The maximum absolute atomic E-state index is 13.7. The quantitative estimate of drug-likeness (QED) is 0.395. The number of fused-ring (bicyclic) bond motifs is 1. The molecule has 0 saturated carbocycles. The van der Waals surface area contributed by atoms with Crippen molar-refractivity contribution >= 4 is 40.4 Å². The molecule has 0 aliphatic carbocycles. The second kappa shape index (κ2) is 9.37. The molecular formula is C27H22N2O3S2. The molecule has 5 nitrogen and oxygen atoms in total. The van der Waals surface area contributed by atoms with Gasteiger partial charge in [0, 0.05) is 10.4 Å². The average Bonchev–Trinajstić information content (AvgIpc) is 3.47. The molecule has 5 rings (SSSR count). The van der Waals surface area contributed by atoms with Gasteiger partial charge in [-0.25, -0.2) is 9.79 Å². The van der Waals surface area contributed by atoms with Crippen LogP contribution in [0.2, 0.25) is 0 Å². The Morgan fingerprint density at radius 3 is 2.65 bits per heavy atom. The van der Waals surface area contributed by atoms with E-state index in [1.54, 1.807) is 11.5 Å². The van der Waals surface area contributed by atoms with Gasteiger partial charge in [0.2, 0.25) is 0 Å². The Kier molecular flexibility index (Phi) is 6.13. The SMILES string of the molecule is CCOC(=O)C1=C(c2ccccc2)N=c2s/c(=C/c3cccc(C)c3)c(=O)n2[C@H]1c1cccs1. The third-order valence-corrected chi connectivity index (χ3v) is 7.43. The van der Waals surface area contributed by atoms with Crippen molar-refractivity contribution in [2.45, 2.75) is 19.9 Å². The van der Waals surface area contributed by atoms with Crippen LogP contribution in [0.25, 0.3) is 11.8 Å². The van der Waals surface area contributed by atoms with Gasteiger partial charge in [-0.05, 0) is 36.9 Å². The summed E-state index contributed by atoms with van der Waals surface area (Å²) in [7, 11) is 0. The number of thiazole rings is 1. The number of thiophene rings is 1. The van der Waals surface area contributed by atoms with Crippen LogP contribution >= 0.6 is 22.7 Å².